The zero-order valence-corrected chi connectivity index (χ0v) is 7.43. The van der Waals surface area contributed by atoms with Gasteiger partial charge in [0.05, 0.1) is 12.8 Å². The van der Waals surface area contributed by atoms with Crippen molar-refractivity contribution in [1.29, 1.82) is 0 Å². The van der Waals surface area contributed by atoms with Crippen LogP contribution >= 0.6 is 12.2 Å². The molecule has 2 aromatic heterocycles. The fraction of sp³-hybridized carbons (Fsp3) is 0.143. The summed E-state index contributed by atoms with van der Waals surface area (Å²) in [6.07, 6.45) is 1.56. The summed E-state index contributed by atoms with van der Waals surface area (Å²) in [7, 11) is 0. The third kappa shape index (κ3) is 1.48. The van der Waals surface area contributed by atoms with E-state index >= 15 is 0 Å². The summed E-state index contributed by atoms with van der Waals surface area (Å²) in [5.74, 6) is 0.696. The first-order valence-electron chi connectivity index (χ1n) is 3.67. The molecule has 0 aliphatic carbocycles. The van der Waals surface area contributed by atoms with Gasteiger partial charge in [-0.3, -0.25) is 9.67 Å². The third-order valence-electron chi connectivity index (χ3n) is 1.66. The van der Waals surface area contributed by atoms with E-state index in [2.05, 4.69) is 10.2 Å². The zero-order chi connectivity index (χ0) is 9.26. The Bertz CT molecular complexity index is 463. The van der Waals surface area contributed by atoms with Crippen LogP contribution in [0, 0.1) is 4.77 Å². The molecule has 0 aromatic carbocycles. The summed E-state index contributed by atoms with van der Waals surface area (Å²) in [5, 5.41) is 4.93. The molecule has 5 nitrogen and oxygen atoms in total. The van der Waals surface area contributed by atoms with Crippen molar-refractivity contribution in [3.05, 3.63) is 39.4 Å². The molecule has 0 amide bonds. The Morgan fingerprint density at radius 1 is 1.54 bits per heavy atom. The van der Waals surface area contributed by atoms with Crippen molar-refractivity contribution < 1.29 is 4.42 Å². The lowest BCUT2D eigenvalue weighted by Gasteiger charge is -1.94. The molecule has 6 heteroatoms. The normalized spacial score (nSPS) is 10.5. The van der Waals surface area contributed by atoms with E-state index < -0.39 is 0 Å². The van der Waals surface area contributed by atoms with Crippen LogP contribution in [0.15, 0.2) is 27.6 Å². The smallest absolute Gasteiger partial charge is 0.342 e. The molecule has 2 rings (SSSR count). The molecule has 0 saturated heterocycles. The van der Waals surface area contributed by atoms with E-state index in [0.717, 1.165) is 0 Å². The van der Waals surface area contributed by atoms with Crippen molar-refractivity contribution in [1.82, 2.24) is 14.8 Å². The lowest BCUT2D eigenvalue weighted by atomic mass is 10.4. The standard InChI is InChI=1S/C7H7N3O2S/c11-6-8-9-7(13)10(6)4-5-2-1-3-12-5/h1-3H,4H2,(H,8,11)(H,9,13). The van der Waals surface area contributed by atoms with Crippen molar-refractivity contribution >= 4 is 12.2 Å². The highest BCUT2D eigenvalue weighted by Gasteiger charge is 2.02. The van der Waals surface area contributed by atoms with Crippen LogP contribution in [0.1, 0.15) is 5.76 Å². The van der Waals surface area contributed by atoms with Crippen LogP contribution in [0.5, 0.6) is 0 Å². The van der Waals surface area contributed by atoms with E-state index in [9.17, 15) is 4.79 Å². The Morgan fingerprint density at radius 2 is 2.38 bits per heavy atom. The summed E-state index contributed by atoms with van der Waals surface area (Å²) in [6.45, 7) is 0.352. The molecular weight excluding hydrogens is 190 g/mol. The van der Waals surface area contributed by atoms with Gasteiger partial charge in [-0.25, -0.2) is 9.89 Å². The van der Waals surface area contributed by atoms with Gasteiger partial charge in [0.25, 0.3) is 0 Å². The van der Waals surface area contributed by atoms with Gasteiger partial charge in [-0.15, -0.1) is 0 Å². The molecular formula is C7H7N3O2S. The largest absolute Gasteiger partial charge is 0.467 e. The van der Waals surface area contributed by atoms with Crippen molar-refractivity contribution in [3.8, 4) is 0 Å². The van der Waals surface area contributed by atoms with E-state index in [1.807, 2.05) is 0 Å². The van der Waals surface area contributed by atoms with Gasteiger partial charge in [-0.05, 0) is 24.4 Å². The second-order valence-electron chi connectivity index (χ2n) is 2.53. The second-order valence-corrected chi connectivity index (χ2v) is 2.91. The predicted molar refractivity (Wildman–Crippen MR) is 48.0 cm³/mol. The number of furan rings is 1. The Kier molecular flexibility index (Phi) is 1.90. The maximum atomic E-state index is 11.1. The highest BCUT2D eigenvalue weighted by molar-refractivity contribution is 7.71. The van der Waals surface area contributed by atoms with Gasteiger partial charge in [0.1, 0.15) is 5.76 Å². The summed E-state index contributed by atoms with van der Waals surface area (Å²) in [4.78, 5) is 11.1. The summed E-state index contributed by atoms with van der Waals surface area (Å²) in [5.41, 5.74) is -0.263. The second kappa shape index (κ2) is 3.06. The quantitative estimate of drug-likeness (QED) is 0.702. The van der Waals surface area contributed by atoms with Crippen LogP contribution < -0.4 is 5.69 Å². The molecule has 2 heterocycles. The molecule has 0 fully saturated rings. The zero-order valence-electron chi connectivity index (χ0n) is 6.61. The van der Waals surface area contributed by atoms with Gasteiger partial charge in [-0.1, -0.05) is 0 Å². The van der Waals surface area contributed by atoms with Crippen LogP contribution in [0.2, 0.25) is 0 Å². The molecule has 13 heavy (non-hydrogen) atoms. The fourth-order valence-electron chi connectivity index (χ4n) is 1.04. The number of nitrogens with one attached hydrogen (secondary N) is 2. The molecule has 2 N–H and O–H groups in total. The average Bonchev–Trinajstić information content (AvgIpc) is 2.70. The Hall–Kier alpha value is -1.56. The van der Waals surface area contributed by atoms with Crippen molar-refractivity contribution in [2.45, 2.75) is 6.54 Å². The molecule has 0 aliphatic rings. The predicted octanol–water partition coefficient (Wildman–Crippen LogP) is 0.875. The molecule has 2 aromatic rings. The molecule has 68 valence electrons. The first-order chi connectivity index (χ1) is 6.27. The Morgan fingerprint density at radius 3 is 2.92 bits per heavy atom. The third-order valence-corrected chi connectivity index (χ3v) is 1.98. The van der Waals surface area contributed by atoms with E-state index in [1.165, 1.54) is 4.57 Å². The van der Waals surface area contributed by atoms with Gasteiger partial charge >= 0.3 is 5.69 Å². The van der Waals surface area contributed by atoms with Crippen LogP contribution in [0.4, 0.5) is 0 Å². The molecule has 0 aliphatic heterocycles. The lowest BCUT2D eigenvalue weighted by molar-refractivity contribution is 0.488. The Labute approximate surface area is 78.0 Å². The maximum absolute atomic E-state index is 11.1. The number of hydrogen-bond donors (Lipinski definition) is 2. The molecule has 0 radical (unpaired) electrons. The molecule has 0 spiro atoms. The SMILES string of the molecule is O=c1[nH][nH]c(=S)n1Cc1ccco1. The number of H-pyrrole nitrogens is 2. The van der Waals surface area contributed by atoms with Gasteiger partial charge in [-0.2, -0.15) is 0 Å². The number of aromatic nitrogens is 3. The highest BCUT2D eigenvalue weighted by atomic mass is 32.1. The molecule has 0 atom stereocenters. The van der Waals surface area contributed by atoms with Gasteiger partial charge in [0.2, 0.25) is 0 Å². The Balaban J connectivity index is 2.38. The average molecular weight is 197 g/mol. The topological polar surface area (TPSA) is 66.7 Å². The minimum atomic E-state index is -0.263. The van der Waals surface area contributed by atoms with E-state index in [0.29, 0.717) is 17.1 Å². The summed E-state index contributed by atoms with van der Waals surface area (Å²) < 4.78 is 6.83. The molecule has 0 unspecified atom stereocenters. The number of hydrogen-bond acceptors (Lipinski definition) is 3. The fourth-order valence-corrected chi connectivity index (χ4v) is 1.23. The number of rotatable bonds is 2. The van der Waals surface area contributed by atoms with Gasteiger partial charge in [0.15, 0.2) is 4.77 Å². The first kappa shape index (κ1) is 8.06. The van der Waals surface area contributed by atoms with E-state index in [4.69, 9.17) is 16.6 Å². The highest BCUT2D eigenvalue weighted by Crippen LogP contribution is 2.01. The summed E-state index contributed by atoms with van der Waals surface area (Å²) in [6, 6.07) is 3.55. The molecule has 0 bridgehead atoms. The monoisotopic (exact) mass is 197 g/mol. The minimum Gasteiger partial charge on any atom is -0.467 e. The van der Waals surface area contributed by atoms with E-state index in [1.54, 1.807) is 18.4 Å². The van der Waals surface area contributed by atoms with Gasteiger partial charge < -0.3 is 4.42 Å². The van der Waals surface area contributed by atoms with Crippen molar-refractivity contribution in [2.24, 2.45) is 0 Å². The molecule has 0 saturated carbocycles. The maximum Gasteiger partial charge on any atom is 0.342 e. The van der Waals surface area contributed by atoms with Gasteiger partial charge in [0, 0.05) is 0 Å². The van der Waals surface area contributed by atoms with Crippen molar-refractivity contribution in [3.63, 3.8) is 0 Å². The van der Waals surface area contributed by atoms with Crippen molar-refractivity contribution in [2.75, 3.05) is 0 Å². The number of aromatic amines is 2. The van der Waals surface area contributed by atoms with Crippen LogP contribution in [-0.4, -0.2) is 14.8 Å². The van der Waals surface area contributed by atoms with Crippen LogP contribution in [-0.2, 0) is 6.54 Å². The van der Waals surface area contributed by atoms with E-state index in [-0.39, 0.29) is 5.69 Å². The minimum absolute atomic E-state index is 0.263. The van der Waals surface area contributed by atoms with Crippen LogP contribution in [0.25, 0.3) is 0 Å². The lowest BCUT2D eigenvalue weighted by Crippen LogP contribution is -2.17. The summed E-state index contributed by atoms with van der Waals surface area (Å²) >= 11 is 4.88. The van der Waals surface area contributed by atoms with Crippen LogP contribution in [0.3, 0.4) is 0 Å². The first-order valence-corrected chi connectivity index (χ1v) is 4.08. The number of nitrogens with zero attached hydrogens (tertiary/aromatic N) is 1.